The van der Waals surface area contributed by atoms with Gasteiger partial charge in [0, 0.05) is 105 Å². The van der Waals surface area contributed by atoms with Crippen LogP contribution in [0.3, 0.4) is 0 Å². The van der Waals surface area contributed by atoms with Crippen LogP contribution in [0.1, 0.15) is 38.7 Å². The standard InChI is InChI=1S/C68H121N23O41S8/c1-3-50-51(4-2)132-53-27-42(5-6-52(53)131-50)7-9-78-62(100)46(89-67(105)48(31-82-58(96)38-73-15-23-137(119,120)121)91-66(104)47(87-61(99)41-76-18-26-140(128,129)130)30-81-57(95)37-72-14-22-136(116,117)118)32-83-64(102)45(29-80-56(94)36-71-13-21-135(113,114)115)88-68(106)49(33-84-63(101)44(86-60(98)40-75-17-25-139(125,126)127)28-79-55(93)35-70-12-20-134(110,111)112)90-65(103)43(85-59(97)39-74-16-24-138(122,123)124)8-10-77-54(92)34-69-11-19-133(107,108)109/h5-6,27,43-51,69-76H,3-4,7-26,28-41H2,1-2H3,(H,77,92)(H,78,100)(H,79,93)(H,80,94)(H,81,95)(H,82,96)(H,83,102)(H,84,101)(H,85,97)(H,86,98)(H,87,99)(H,88,106)(H,89,105)(H,90,103)(H,91,104)(H,107,108,109)(H,110,111,112)(H,113,114,115)(H,116,117,118)(H,119,120,121)(H,122,123,124)(H,125,126,127)(H,128,129,130). The number of benzene rings is 1. The Morgan fingerprint density at radius 2 is 0.479 bits per heavy atom. The van der Waals surface area contributed by atoms with Crippen LogP contribution in [-0.4, -0.2) is 450 Å². The van der Waals surface area contributed by atoms with Gasteiger partial charge in [0.25, 0.3) is 80.9 Å². The van der Waals surface area contributed by atoms with Crippen LogP contribution in [0.4, 0.5) is 0 Å². The summed E-state index contributed by atoms with van der Waals surface area (Å²) in [6.07, 6.45) is -0.500. The van der Waals surface area contributed by atoms with Crippen LogP contribution < -0.4 is 132 Å². The van der Waals surface area contributed by atoms with Crippen LogP contribution in [0.25, 0.3) is 0 Å². The van der Waals surface area contributed by atoms with E-state index in [4.69, 9.17) is 23.1 Å². The van der Waals surface area contributed by atoms with Gasteiger partial charge in [-0.05, 0) is 43.4 Å². The predicted molar refractivity (Wildman–Crippen MR) is 486 cm³/mol. The summed E-state index contributed by atoms with van der Waals surface area (Å²) >= 11 is 0. The summed E-state index contributed by atoms with van der Waals surface area (Å²) in [5, 5.41) is 52.2. The Hall–Kier alpha value is -10.2. The lowest BCUT2D eigenvalue weighted by atomic mass is 10.1. The Kier molecular flexibility index (Phi) is 56.6. The minimum Gasteiger partial charge on any atom is -0.483 e. The topological polar surface area (TPSA) is 986 Å². The molecule has 1 aliphatic rings. The maximum Gasteiger partial charge on any atom is 0.266 e. The van der Waals surface area contributed by atoms with Gasteiger partial charge in [0.1, 0.15) is 54.5 Å². The van der Waals surface area contributed by atoms with Crippen LogP contribution in [0.15, 0.2) is 18.2 Å². The molecule has 2 rings (SSSR count). The fourth-order valence-corrected chi connectivity index (χ4v) is 14.5. The lowest BCUT2D eigenvalue weighted by Crippen LogP contribution is -2.64. The first-order chi connectivity index (χ1) is 65.0. The molecule has 1 heterocycles. The molecule has 0 aromatic heterocycles. The van der Waals surface area contributed by atoms with E-state index in [-0.39, 0.29) is 19.1 Å². The highest BCUT2D eigenvalue weighted by molar-refractivity contribution is 7.87. The molecular weight excluding hydrogens is 2050 g/mol. The number of nitrogens with one attached hydrogen (secondary N) is 23. The smallest absolute Gasteiger partial charge is 0.266 e. The molecule has 0 spiro atoms. The van der Waals surface area contributed by atoms with Gasteiger partial charge in [-0.25, -0.2) is 0 Å². The second-order valence-electron chi connectivity index (χ2n) is 30.1. The fraction of sp³-hybridized carbons (Fsp3) is 0.691. The number of hydrogen-bond donors (Lipinski definition) is 31. The number of amides is 15. The largest absolute Gasteiger partial charge is 0.483 e. The van der Waals surface area contributed by atoms with Crippen molar-refractivity contribution in [2.45, 2.75) is 94.0 Å². The Morgan fingerprint density at radius 3 is 0.757 bits per heavy atom. The normalized spacial score (nSPS) is 15.0. The van der Waals surface area contributed by atoms with Gasteiger partial charge in [0.15, 0.2) is 11.5 Å². The molecule has 0 bridgehead atoms. The highest BCUT2D eigenvalue weighted by Gasteiger charge is 2.37. The van der Waals surface area contributed by atoms with Gasteiger partial charge in [-0.15, -0.1) is 0 Å². The highest BCUT2D eigenvalue weighted by Crippen LogP contribution is 2.36. The van der Waals surface area contributed by atoms with Gasteiger partial charge in [-0.2, -0.15) is 67.3 Å². The lowest BCUT2D eigenvalue weighted by molar-refractivity contribution is -0.135. The molecule has 140 heavy (non-hydrogen) atoms. The van der Waals surface area contributed by atoms with E-state index in [0.29, 0.717) is 29.9 Å². The molecule has 0 saturated carbocycles. The Labute approximate surface area is 804 Å². The van der Waals surface area contributed by atoms with Gasteiger partial charge < -0.3 is 132 Å². The molecule has 9 unspecified atom stereocenters. The van der Waals surface area contributed by atoms with Crippen molar-refractivity contribution in [2.75, 3.05) is 203 Å². The maximum atomic E-state index is 15.3. The summed E-state index contributed by atoms with van der Waals surface area (Å²) in [7, 11) is -37.0. The zero-order valence-corrected chi connectivity index (χ0v) is 81.7. The summed E-state index contributed by atoms with van der Waals surface area (Å²) in [5.74, 6) is -26.2. The van der Waals surface area contributed by atoms with E-state index in [9.17, 15) is 148 Å². The summed E-state index contributed by atoms with van der Waals surface area (Å²) in [4.78, 5) is 211. The van der Waals surface area contributed by atoms with Crippen molar-refractivity contribution in [2.24, 2.45) is 0 Å². The first kappa shape index (κ1) is 126. The maximum absolute atomic E-state index is 15.3. The van der Waals surface area contributed by atoms with Crippen LogP contribution in [0, 0.1) is 0 Å². The van der Waals surface area contributed by atoms with Crippen LogP contribution in [-0.2, 0) is 159 Å². The molecule has 0 aliphatic carbocycles. The minimum absolute atomic E-state index is 0.0846. The van der Waals surface area contributed by atoms with Gasteiger partial charge in [0.2, 0.25) is 88.6 Å². The molecule has 1 aromatic rings. The van der Waals surface area contributed by atoms with Crippen molar-refractivity contribution in [3.63, 3.8) is 0 Å². The molecule has 72 heteroatoms. The Balaban J connectivity index is 3.13. The summed E-state index contributed by atoms with van der Waals surface area (Å²) in [6, 6.07) is -10.6. The number of carbonyl (C=O) groups is 15. The van der Waals surface area contributed by atoms with E-state index in [1.807, 2.05) is 13.8 Å². The summed E-state index contributed by atoms with van der Waals surface area (Å²) < 4.78 is 269. The highest BCUT2D eigenvalue weighted by atomic mass is 32.2. The summed E-state index contributed by atoms with van der Waals surface area (Å²) in [5.41, 5.74) is 0.470. The molecule has 0 fully saturated rings. The van der Waals surface area contributed by atoms with Crippen molar-refractivity contribution < 1.29 is 185 Å². The van der Waals surface area contributed by atoms with Gasteiger partial charge in [-0.3, -0.25) is 108 Å². The Morgan fingerprint density at radius 1 is 0.257 bits per heavy atom. The summed E-state index contributed by atoms with van der Waals surface area (Å²) in [6.45, 7) is -15.0. The van der Waals surface area contributed by atoms with E-state index in [0.717, 1.165) is 0 Å². The molecule has 802 valence electrons. The monoisotopic (exact) mass is 2170 g/mol. The third-order valence-electron chi connectivity index (χ3n) is 18.3. The van der Waals surface area contributed by atoms with Crippen LogP contribution in [0.5, 0.6) is 11.5 Å². The number of rotatable bonds is 74. The van der Waals surface area contributed by atoms with Gasteiger partial charge in [0.05, 0.1) is 98.4 Å². The number of hydrogen-bond acceptors (Lipinski definition) is 41. The second kappa shape index (κ2) is 63.0. The number of fused-ring (bicyclic) bond motifs is 1. The fourth-order valence-electron chi connectivity index (χ4n) is 11.3. The number of ether oxygens (including phenoxy) is 2. The van der Waals surface area contributed by atoms with Crippen molar-refractivity contribution in [1.29, 1.82) is 0 Å². The third-order valence-corrected chi connectivity index (χ3v) is 24.1. The molecular formula is C68H121N23O41S8. The average Bonchev–Trinajstić information content (AvgIpc) is 0.805. The van der Waals surface area contributed by atoms with Crippen molar-refractivity contribution >= 4 is 170 Å². The molecule has 0 saturated heterocycles. The van der Waals surface area contributed by atoms with Gasteiger partial charge >= 0.3 is 0 Å². The Bertz CT molecular complexity index is 5330. The molecule has 64 nitrogen and oxygen atoms in total. The molecule has 15 amide bonds. The molecule has 31 N–H and O–H groups in total. The quantitative estimate of drug-likeness (QED) is 0.0213. The SMILES string of the molecule is CCC1Oc2ccc(CCNC(=O)C(CNC(=O)C(CNC(=O)CNCCS(=O)(=O)O)NC(=O)C(CNC(=O)C(CNC(=O)CNCCS(=O)(=O)O)NC(=O)CNCCS(=O)(=O)O)NC(=O)C(CCNC(=O)CNCCS(=O)(=O)O)NC(=O)CNCCS(=O)(=O)O)NC(=O)C(CNC(=O)CNCCS(=O)(=O)O)NC(=O)C(CNC(=O)CNCCS(=O)(=O)O)NC(=O)CNCCS(=O)(=O)O)cc2OC1CC. The molecule has 1 aromatic carbocycles. The molecule has 0 radical (unpaired) electrons. The zero-order chi connectivity index (χ0) is 106. The minimum atomic E-state index is -4.69. The predicted octanol–water partition coefficient (Wildman–Crippen LogP) is -18.9. The molecule has 1 aliphatic heterocycles. The average molecular weight is 2170 g/mol. The van der Waals surface area contributed by atoms with Crippen molar-refractivity contribution in [3.8, 4) is 11.5 Å². The third kappa shape index (κ3) is 62.9. The van der Waals surface area contributed by atoms with E-state index in [1.165, 1.54) is 0 Å². The first-order valence-corrected chi connectivity index (χ1v) is 54.9. The molecule has 9 atom stereocenters. The first-order valence-electron chi connectivity index (χ1n) is 42.0. The van der Waals surface area contributed by atoms with E-state index < -0.39 is 421 Å². The van der Waals surface area contributed by atoms with Crippen molar-refractivity contribution in [3.05, 3.63) is 23.8 Å². The van der Waals surface area contributed by atoms with E-state index in [1.54, 1.807) is 18.2 Å². The van der Waals surface area contributed by atoms with Crippen molar-refractivity contribution in [1.82, 2.24) is 122 Å². The van der Waals surface area contributed by atoms with E-state index >= 15 is 14.4 Å². The van der Waals surface area contributed by atoms with Crippen LogP contribution in [0.2, 0.25) is 0 Å². The van der Waals surface area contributed by atoms with Crippen LogP contribution >= 0.6 is 0 Å². The van der Waals surface area contributed by atoms with E-state index in [2.05, 4.69) is 122 Å². The second-order valence-corrected chi connectivity index (χ2v) is 42.7. The number of carbonyl (C=O) groups excluding carboxylic acids is 15. The lowest BCUT2D eigenvalue weighted by Gasteiger charge is -2.33. The zero-order valence-electron chi connectivity index (χ0n) is 75.2. The van der Waals surface area contributed by atoms with Gasteiger partial charge in [-0.1, -0.05) is 19.9 Å².